The fourth-order valence-electron chi connectivity index (χ4n) is 2.83. The van der Waals surface area contributed by atoms with Crippen molar-refractivity contribution in [3.05, 3.63) is 59.7 Å². The second-order valence-electron chi connectivity index (χ2n) is 6.99. The molecule has 6 nitrogen and oxygen atoms in total. The van der Waals surface area contributed by atoms with E-state index in [0.717, 1.165) is 12.8 Å². The minimum Gasteiger partial charge on any atom is -0.504 e. The molecule has 0 radical (unpaired) electrons. The van der Waals surface area contributed by atoms with Crippen LogP contribution in [-0.4, -0.2) is 35.0 Å². The van der Waals surface area contributed by atoms with Crippen LogP contribution in [0.3, 0.4) is 0 Å². The zero-order chi connectivity index (χ0) is 22.8. The molecular weight excluding hydrogens is 396 g/mol. The summed E-state index contributed by atoms with van der Waals surface area (Å²) in [5.41, 5.74) is 1.35. The van der Waals surface area contributed by atoms with E-state index in [-0.39, 0.29) is 35.6 Å². The van der Waals surface area contributed by atoms with Gasteiger partial charge in [0.2, 0.25) is 0 Å². The Morgan fingerprint density at radius 2 is 1.35 bits per heavy atom. The Morgan fingerprint density at radius 3 is 1.84 bits per heavy atom. The van der Waals surface area contributed by atoms with Crippen LogP contribution < -0.4 is 9.47 Å². The fourth-order valence-corrected chi connectivity index (χ4v) is 2.83. The predicted molar refractivity (Wildman–Crippen MR) is 120 cm³/mol. The van der Waals surface area contributed by atoms with E-state index in [4.69, 9.17) is 9.47 Å². The van der Waals surface area contributed by atoms with Crippen molar-refractivity contribution in [1.29, 1.82) is 0 Å². The summed E-state index contributed by atoms with van der Waals surface area (Å²) in [5.74, 6) is 0.0378. The molecular formula is C25H28O6. The Morgan fingerprint density at radius 1 is 0.871 bits per heavy atom. The van der Waals surface area contributed by atoms with Gasteiger partial charge in [0.15, 0.2) is 34.6 Å². The number of allylic oxidation sites excluding steroid dienone is 2. The van der Waals surface area contributed by atoms with Crippen molar-refractivity contribution in [2.45, 2.75) is 39.2 Å². The number of hydrogen-bond donors (Lipinski definition) is 2. The van der Waals surface area contributed by atoms with Crippen molar-refractivity contribution in [3.8, 4) is 23.0 Å². The molecule has 164 valence electrons. The molecule has 0 aliphatic carbocycles. The highest BCUT2D eigenvalue weighted by Gasteiger charge is 2.10. The van der Waals surface area contributed by atoms with Crippen molar-refractivity contribution >= 4 is 23.7 Å². The summed E-state index contributed by atoms with van der Waals surface area (Å²) in [7, 11) is 1.44. The van der Waals surface area contributed by atoms with Crippen molar-refractivity contribution < 1.29 is 29.3 Å². The minimum absolute atomic E-state index is 0.00437. The van der Waals surface area contributed by atoms with E-state index in [9.17, 15) is 19.8 Å². The second kappa shape index (κ2) is 11.6. The van der Waals surface area contributed by atoms with Gasteiger partial charge >= 0.3 is 0 Å². The lowest BCUT2D eigenvalue weighted by atomic mass is 10.1. The van der Waals surface area contributed by atoms with E-state index in [1.807, 2.05) is 13.8 Å². The Labute approximate surface area is 182 Å². The van der Waals surface area contributed by atoms with E-state index < -0.39 is 0 Å². The van der Waals surface area contributed by atoms with Crippen LogP contribution in [0.15, 0.2) is 48.6 Å². The highest BCUT2D eigenvalue weighted by Crippen LogP contribution is 2.29. The van der Waals surface area contributed by atoms with Gasteiger partial charge in [-0.3, -0.25) is 9.59 Å². The van der Waals surface area contributed by atoms with Gasteiger partial charge in [-0.2, -0.15) is 0 Å². The lowest BCUT2D eigenvalue weighted by Crippen LogP contribution is -2.13. The van der Waals surface area contributed by atoms with Gasteiger partial charge in [-0.1, -0.05) is 38.1 Å². The van der Waals surface area contributed by atoms with Crippen LogP contribution in [-0.2, 0) is 9.59 Å². The zero-order valence-corrected chi connectivity index (χ0v) is 18.0. The summed E-state index contributed by atoms with van der Waals surface area (Å²) in [4.78, 5) is 24.2. The fraction of sp³-hybridized carbons (Fsp3) is 0.280. The maximum atomic E-state index is 12.1. The molecule has 0 aliphatic rings. The number of carbonyl (C=O) groups is 2. The molecule has 0 unspecified atom stereocenters. The topological polar surface area (TPSA) is 93.1 Å². The van der Waals surface area contributed by atoms with E-state index >= 15 is 0 Å². The molecule has 0 bridgehead atoms. The first-order valence-corrected chi connectivity index (χ1v) is 10.1. The quantitative estimate of drug-likeness (QED) is 0.392. The Bertz CT molecular complexity index is 970. The molecule has 2 aromatic carbocycles. The number of carbonyl (C=O) groups excluding carboxylic acids is 2. The summed E-state index contributed by atoms with van der Waals surface area (Å²) in [6, 6.07) is 9.54. The summed E-state index contributed by atoms with van der Waals surface area (Å²) in [6.45, 7) is 4.02. The van der Waals surface area contributed by atoms with Crippen molar-refractivity contribution in [2.75, 3.05) is 7.11 Å². The largest absolute Gasteiger partial charge is 0.504 e. The molecule has 0 aromatic heterocycles. The van der Waals surface area contributed by atoms with Crippen LogP contribution in [0.2, 0.25) is 0 Å². The van der Waals surface area contributed by atoms with Crippen LogP contribution in [0.1, 0.15) is 44.2 Å². The Hall–Kier alpha value is -3.54. The number of ketones is 2. The first-order chi connectivity index (χ1) is 14.9. The summed E-state index contributed by atoms with van der Waals surface area (Å²) in [5, 5.41) is 19.6. The molecule has 0 heterocycles. The molecule has 2 aromatic rings. The van der Waals surface area contributed by atoms with Gasteiger partial charge in [-0.25, -0.2) is 0 Å². The van der Waals surface area contributed by atoms with E-state index in [0.29, 0.717) is 22.6 Å². The van der Waals surface area contributed by atoms with Crippen molar-refractivity contribution in [3.63, 3.8) is 0 Å². The SMILES string of the molecule is CCC(CC)Oc1cc(/C=C/C(=O)CC(=O)/C=C/c2ccc(O)c(OC)c2)ccc1O. The smallest absolute Gasteiger partial charge is 0.163 e. The lowest BCUT2D eigenvalue weighted by molar-refractivity contribution is -0.121. The van der Waals surface area contributed by atoms with Crippen LogP contribution in [0.5, 0.6) is 23.0 Å². The highest BCUT2D eigenvalue weighted by molar-refractivity contribution is 6.10. The third-order valence-electron chi connectivity index (χ3n) is 4.66. The molecule has 0 aliphatic heterocycles. The van der Waals surface area contributed by atoms with Gasteiger partial charge in [0.1, 0.15) is 0 Å². The highest BCUT2D eigenvalue weighted by atomic mass is 16.5. The zero-order valence-electron chi connectivity index (χ0n) is 18.0. The van der Waals surface area contributed by atoms with Gasteiger partial charge in [0, 0.05) is 0 Å². The van der Waals surface area contributed by atoms with E-state index in [2.05, 4.69) is 0 Å². The average Bonchev–Trinajstić information content (AvgIpc) is 2.77. The Balaban J connectivity index is 1.98. The number of ether oxygens (including phenoxy) is 2. The normalized spacial score (nSPS) is 11.4. The van der Waals surface area contributed by atoms with Gasteiger partial charge < -0.3 is 19.7 Å². The van der Waals surface area contributed by atoms with Crippen LogP contribution in [0.4, 0.5) is 0 Å². The third-order valence-corrected chi connectivity index (χ3v) is 4.66. The summed E-state index contributed by atoms with van der Waals surface area (Å²) < 4.78 is 10.8. The second-order valence-corrected chi connectivity index (χ2v) is 6.99. The summed E-state index contributed by atoms with van der Waals surface area (Å²) >= 11 is 0. The lowest BCUT2D eigenvalue weighted by Gasteiger charge is -2.16. The third kappa shape index (κ3) is 7.33. The number of rotatable bonds is 11. The van der Waals surface area contributed by atoms with Crippen molar-refractivity contribution in [1.82, 2.24) is 0 Å². The molecule has 2 N–H and O–H groups in total. The van der Waals surface area contributed by atoms with Crippen LogP contribution in [0.25, 0.3) is 12.2 Å². The molecule has 0 amide bonds. The minimum atomic E-state index is -0.342. The first-order valence-electron chi connectivity index (χ1n) is 10.1. The molecule has 0 saturated carbocycles. The van der Waals surface area contributed by atoms with Crippen LogP contribution >= 0.6 is 0 Å². The van der Waals surface area contributed by atoms with Gasteiger partial charge in [0.25, 0.3) is 0 Å². The average molecular weight is 424 g/mol. The maximum absolute atomic E-state index is 12.1. The number of methoxy groups -OCH3 is 1. The predicted octanol–water partition coefficient (Wildman–Crippen LogP) is 4.93. The molecule has 0 fully saturated rings. The molecule has 2 rings (SSSR count). The van der Waals surface area contributed by atoms with E-state index in [1.54, 1.807) is 36.4 Å². The first kappa shape index (κ1) is 23.7. The monoisotopic (exact) mass is 424 g/mol. The van der Waals surface area contributed by atoms with E-state index in [1.165, 1.54) is 31.4 Å². The Kier molecular flexibility index (Phi) is 8.88. The van der Waals surface area contributed by atoms with Gasteiger partial charge in [-0.05, 0) is 60.4 Å². The molecule has 0 spiro atoms. The number of phenolic OH excluding ortho intramolecular Hbond substituents is 2. The standard InChI is InChI=1S/C25H28O6/c1-4-21(5-2)31-25-15-18(9-13-23(25)29)7-11-20(27)16-19(26)10-6-17-8-12-22(28)24(14-17)30-3/h6-15,21,28-29H,4-5,16H2,1-3H3/b10-6+,11-7+. The number of aromatic hydroxyl groups is 2. The van der Waals surface area contributed by atoms with Gasteiger partial charge in [0.05, 0.1) is 19.6 Å². The number of benzene rings is 2. The maximum Gasteiger partial charge on any atom is 0.163 e. The van der Waals surface area contributed by atoms with Crippen LogP contribution in [0, 0.1) is 0 Å². The number of hydrogen-bond acceptors (Lipinski definition) is 6. The molecule has 0 atom stereocenters. The van der Waals surface area contributed by atoms with Gasteiger partial charge in [-0.15, -0.1) is 0 Å². The molecule has 31 heavy (non-hydrogen) atoms. The van der Waals surface area contributed by atoms with Crippen molar-refractivity contribution in [2.24, 2.45) is 0 Å². The molecule has 6 heteroatoms. The summed E-state index contributed by atoms with van der Waals surface area (Å²) in [6.07, 6.45) is 7.18. The number of phenols is 2. The molecule has 0 saturated heterocycles.